The van der Waals surface area contributed by atoms with Gasteiger partial charge < -0.3 is 9.79 Å². The molecular weight excluding hydrogens is 219 g/mol. The van der Waals surface area contributed by atoms with E-state index in [1.165, 1.54) is 0 Å². The Hall–Kier alpha value is 1.92. The first-order valence-corrected chi connectivity index (χ1v) is 2.45. The maximum atomic E-state index is 10.2. The molecule has 0 aliphatic rings. The summed E-state index contributed by atoms with van der Waals surface area (Å²) in [5.41, 5.74) is 0. The quantitative estimate of drug-likeness (QED) is 0.445. The zero-order valence-electron chi connectivity index (χ0n) is 3.24. The summed E-state index contributed by atoms with van der Waals surface area (Å²) in [4.78, 5) is 14.7. The van der Waals surface area contributed by atoms with Gasteiger partial charge in [0, 0.05) is 19.5 Å². The molecule has 0 heterocycles. The summed E-state index contributed by atoms with van der Waals surface area (Å²) < 4.78 is 21.4. The molecule has 2 N–H and O–H groups in total. The topological polar surface area (TPSA) is 66.8 Å². The van der Waals surface area contributed by atoms with E-state index in [1.807, 2.05) is 0 Å². The number of hydrogen-bond acceptors (Lipinski definition) is 2. The third-order valence-corrected chi connectivity index (χ3v) is 0.270. The van der Waals surface area contributed by atoms with Gasteiger partial charge in [-0.3, -0.25) is 0 Å². The number of hydrogen-bond donors (Lipinski definition) is 2. The van der Waals surface area contributed by atoms with Crippen molar-refractivity contribution >= 4 is 45.6 Å². The smallest absolute Gasteiger partial charge is 0 e. The van der Waals surface area contributed by atoms with E-state index >= 15 is 0 Å². The summed E-state index contributed by atoms with van der Waals surface area (Å²) in [6, 6.07) is 0. The maximum absolute atomic E-state index is 10.2. The second kappa shape index (κ2) is 7.04. The van der Waals surface area contributed by atoms with E-state index in [9.17, 15) is 4.53 Å². The van der Waals surface area contributed by atoms with Gasteiger partial charge in [0.1, 0.15) is 0 Å². The summed E-state index contributed by atoms with van der Waals surface area (Å²) in [5.74, 6) is 0. The van der Waals surface area contributed by atoms with E-state index in [4.69, 9.17) is 14.4 Å². The summed E-state index contributed by atoms with van der Waals surface area (Å²) in [7, 11) is -4.81. The van der Waals surface area contributed by atoms with Crippen LogP contribution in [0.5, 0.6) is 0 Å². The molecule has 0 saturated heterocycles. The van der Waals surface area contributed by atoms with Gasteiger partial charge in [0.2, 0.25) is 0 Å². The van der Waals surface area contributed by atoms with E-state index in [2.05, 4.69) is 4.73 Å². The molecule has 0 rings (SSSR count). The van der Waals surface area contributed by atoms with Crippen LogP contribution in [0.25, 0.3) is 0 Å². The Morgan fingerprint density at radius 2 is 1.62 bits per heavy atom. The van der Waals surface area contributed by atoms with Crippen LogP contribution in [0, 0.1) is 0 Å². The van der Waals surface area contributed by atoms with Crippen molar-refractivity contribution in [3.05, 3.63) is 0 Å². The third kappa shape index (κ3) is 15.7. The molecule has 0 amide bonds. The zero-order valence-corrected chi connectivity index (χ0v) is 7.10. The van der Waals surface area contributed by atoms with Gasteiger partial charge in [-0.15, -0.1) is 0 Å². The average molecular weight is 223 g/mol. The monoisotopic (exact) mass is 222 g/mol. The van der Waals surface area contributed by atoms with Crippen molar-refractivity contribution < 1.29 is 43.1 Å². The van der Waals surface area contributed by atoms with Gasteiger partial charge >= 0.3 is 45.6 Å². The van der Waals surface area contributed by atoms with Crippen molar-refractivity contribution in [1.29, 1.82) is 0 Å². The molecule has 4 nitrogen and oxygen atoms in total. The second-order valence-electron chi connectivity index (χ2n) is 0.560. The van der Waals surface area contributed by atoms with Crippen LogP contribution in [0.4, 0.5) is 4.53 Å². The summed E-state index contributed by atoms with van der Waals surface area (Å²) in [5, 5.41) is 0. The molecule has 0 unspecified atom stereocenters. The van der Waals surface area contributed by atoms with Crippen molar-refractivity contribution in [2.45, 2.75) is 0 Å². The Morgan fingerprint density at radius 1 is 1.50 bits per heavy atom. The van der Waals surface area contributed by atoms with Gasteiger partial charge in [0.15, 0.2) is 0 Å². The van der Waals surface area contributed by atoms with Gasteiger partial charge in [-0.25, -0.2) is 4.57 Å². The molecule has 0 fully saturated rings. The van der Waals surface area contributed by atoms with Gasteiger partial charge in [-0.2, -0.15) is 0 Å². The second-order valence-corrected chi connectivity index (χ2v) is 1.68. The van der Waals surface area contributed by atoms with E-state index in [-0.39, 0.29) is 57.2 Å². The average Bonchev–Trinajstić information content (AvgIpc) is 1.35. The standard InChI is InChI=1S/Ca.FH2O4P.Zn.2H/c;1-5-6(2,3)4;;;/h;(H2,2,3,4);;;. The number of rotatable bonds is 1. The number of halogens is 1. The molecular formula is H4CaFO4PZn. The zero-order chi connectivity index (χ0) is 5.21. The van der Waals surface area contributed by atoms with Crippen molar-refractivity contribution in [2.75, 3.05) is 0 Å². The molecule has 0 bridgehead atoms. The van der Waals surface area contributed by atoms with Gasteiger partial charge in [0.05, 0.1) is 0 Å². The maximum Gasteiger partial charge on any atom is 0 e. The summed E-state index contributed by atoms with van der Waals surface area (Å²) in [6.45, 7) is 0. The summed E-state index contributed by atoms with van der Waals surface area (Å²) in [6.07, 6.45) is 0. The molecule has 0 aromatic rings. The molecule has 0 aromatic carbocycles. The van der Waals surface area contributed by atoms with Crippen molar-refractivity contribution in [2.24, 2.45) is 0 Å². The van der Waals surface area contributed by atoms with Crippen LogP contribution in [0.15, 0.2) is 0 Å². The van der Waals surface area contributed by atoms with Crippen LogP contribution in [-0.2, 0) is 28.8 Å². The fourth-order valence-electron chi connectivity index (χ4n) is 0. The first-order chi connectivity index (χ1) is 2.56. The van der Waals surface area contributed by atoms with Crippen molar-refractivity contribution in [3.8, 4) is 0 Å². The fraction of sp³-hybridized carbons (Fsp3) is 0. The Morgan fingerprint density at radius 3 is 1.62 bits per heavy atom. The predicted molar refractivity (Wildman–Crippen MR) is 22.8 cm³/mol. The fourth-order valence-corrected chi connectivity index (χ4v) is 0. The van der Waals surface area contributed by atoms with E-state index in [0.29, 0.717) is 0 Å². The SMILES string of the molecule is O=P(O)(O)OF.[CaH2].[Zn]. The normalized spacial score (nSPS) is 8.88. The molecule has 0 saturated carbocycles. The minimum Gasteiger partial charge on any atom is 0 e. The Balaban J connectivity index is -0.000000125. The Labute approximate surface area is 87.7 Å². The molecule has 0 aromatic heterocycles. The van der Waals surface area contributed by atoms with Crippen LogP contribution < -0.4 is 0 Å². The van der Waals surface area contributed by atoms with Crippen LogP contribution in [-0.4, -0.2) is 47.5 Å². The van der Waals surface area contributed by atoms with Crippen molar-refractivity contribution in [3.63, 3.8) is 0 Å². The largest absolute Gasteiger partial charge is 0 e. The molecule has 0 aliphatic heterocycles. The van der Waals surface area contributed by atoms with Crippen LogP contribution in [0.1, 0.15) is 0 Å². The van der Waals surface area contributed by atoms with Gasteiger partial charge in [-0.05, 0) is 4.53 Å². The number of phosphoric acid groups is 1. The van der Waals surface area contributed by atoms with Crippen LogP contribution in [0.3, 0.4) is 0 Å². The third-order valence-electron chi connectivity index (χ3n) is 0.0899. The molecule has 8 heteroatoms. The molecule has 44 valence electrons. The van der Waals surface area contributed by atoms with Crippen LogP contribution >= 0.6 is 7.82 Å². The van der Waals surface area contributed by atoms with Crippen LogP contribution in [0.2, 0.25) is 0 Å². The van der Waals surface area contributed by atoms with Crippen molar-refractivity contribution in [1.82, 2.24) is 0 Å². The molecule has 0 aliphatic carbocycles. The predicted octanol–water partition coefficient (Wildman–Crippen LogP) is -0.939. The molecule has 8 heavy (non-hydrogen) atoms. The van der Waals surface area contributed by atoms with E-state index in [1.54, 1.807) is 0 Å². The van der Waals surface area contributed by atoms with Gasteiger partial charge in [0.25, 0.3) is 0 Å². The minimum atomic E-state index is -4.81. The Bertz CT molecular complexity index is 80.1. The van der Waals surface area contributed by atoms with E-state index < -0.39 is 7.82 Å². The molecule has 0 atom stereocenters. The van der Waals surface area contributed by atoms with Gasteiger partial charge in [-0.1, -0.05) is 4.73 Å². The minimum absolute atomic E-state index is 0. The summed E-state index contributed by atoms with van der Waals surface area (Å²) >= 11 is 0. The Kier molecular flexibility index (Phi) is 14.5. The first-order valence-electron chi connectivity index (χ1n) is 0.919. The first kappa shape index (κ1) is 16.5. The molecule has 0 spiro atoms. The molecule has 0 radical (unpaired) electrons. The van der Waals surface area contributed by atoms with E-state index in [0.717, 1.165) is 0 Å².